The van der Waals surface area contributed by atoms with Gasteiger partial charge >= 0.3 is 0 Å². The molecule has 1 aromatic rings. The summed E-state index contributed by atoms with van der Waals surface area (Å²) in [5.41, 5.74) is -0.00667. The molecule has 14 heavy (non-hydrogen) atoms. The molecule has 0 heterocycles. The third kappa shape index (κ3) is 2.53. The van der Waals surface area contributed by atoms with Crippen molar-refractivity contribution in [3.8, 4) is 0 Å². The highest BCUT2D eigenvalue weighted by Crippen LogP contribution is 2.05. The number of hydrogen-bond donors (Lipinski definition) is 2. The maximum absolute atomic E-state index is 13.1. The molecule has 4 heteroatoms. The molecule has 0 aliphatic carbocycles. The molecule has 1 unspecified atom stereocenters. The first kappa shape index (κ1) is 10.7. The van der Waals surface area contributed by atoms with E-state index < -0.39 is 11.7 Å². The lowest BCUT2D eigenvalue weighted by Crippen LogP contribution is -2.35. The van der Waals surface area contributed by atoms with E-state index in [9.17, 15) is 9.18 Å². The van der Waals surface area contributed by atoms with E-state index in [4.69, 9.17) is 5.11 Å². The highest BCUT2D eigenvalue weighted by atomic mass is 19.1. The largest absolute Gasteiger partial charge is 0.394 e. The minimum Gasteiger partial charge on any atom is -0.394 e. The second-order valence-electron chi connectivity index (χ2n) is 3.04. The molecule has 2 N–H and O–H groups in total. The van der Waals surface area contributed by atoms with Crippen molar-refractivity contribution in [1.29, 1.82) is 0 Å². The molecule has 0 aromatic heterocycles. The second kappa shape index (κ2) is 4.72. The van der Waals surface area contributed by atoms with Gasteiger partial charge in [-0.2, -0.15) is 0 Å². The van der Waals surface area contributed by atoms with Crippen LogP contribution in [0.2, 0.25) is 0 Å². The quantitative estimate of drug-likeness (QED) is 0.757. The van der Waals surface area contributed by atoms with Gasteiger partial charge in [-0.05, 0) is 19.1 Å². The molecule has 1 aromatic carbocycles. The van der Waals surface area contributed by atoms with E-state index in [0.29, 0.717) is 0 Å². The summed E-state index contributed by atoms with van der Waals surface area (Å²) in [6, 6.07) is 5.35. The molecule has 0 aliphatic heterocycles. The summed E-state index contributed by atoms with van der Waals surface area (Å²) in [5, 5.41) is 11.1. The molecule has 1 amide bonds. The lowest BCUT2D eigenvalue weighted by Gasteiger charge is -2.10. The van der Waals surface area contributed by atoms with Crippen molar-refractivity contribution in [2.75, 3.05) is 6.61 Å². The summed E-state index contributed by atoms with van der Waals surface area (Å²) < 4.78 is 13.1. The van der Waals surface area contributed by atoms with Gasteiger partial charge in [0.2, 0.25) is 0 Å². The number of aliphatic hydroxyl groups is 1. The molecule has 0 saturated carbocycles. The predicted octanol–water partition coefficient (Wildman–Crippen LogP) is 0.936. The maximum atomic E-state index is 13.1. The van der Waals surface area contributed by atoms with Crippen molar-refractivity contribution in [1.82, 2.24) is 5.32 Å². The van der Waals surface area contributed by atoms with Crippen LogP contribution in [0.25, 0.3) is 0 Å². The molecule has 0 spiro atoms. The zero-order valence-corrected chi connectivity index (χ0v) is 7.83. The maximum Gasteiger partial charge on any atom is 0.254 e. The fraction of sp³-hybridized carbons (Fsp3) is 0.300. The van der Waals surface area contributed by atoms with Crippen molar-refractivity contribution < 1.29 is 14.3 Å². The number of benzene rings is 1. The van der Waals surface area contributed by atoms with Crippen LogP contribution in [0.3, 0.4) is 0 Å². The van der Waals surface area contributed by atoms with Crippen LogP contribution in [0.1, 0.15) is 17.3 Å². The summed E-state index contributed by atoms with van der Waals surface area (Å²) in [4.78, 5) is 11.4. The molecule has 1 atom stereocenters. The van der Waals surface area contributed by atoms with E-state index >= 15 is 0 Å². The van der Waals surface area contributed by atoms with Crippen molar-refractivity contribution in [3.05, 3.63) is 35.6 Å². The van der Waals surface area contributed by atoms with E-state index in [1.807, 2.05) is 0 Å². The van der Waals surface area contributed by atoms with Gasteiger partial charge < -0.3 is 10.4 Å². The number of hydrogen-bond acceptors (Lipinski definition) is 2. The van der Waals surface area contributed by atoms with Crippen LogP contribution >= 0.6 is 0 Å². The fourth-order valence-corrected chi connectivity index (χ4v) is 0.993. The Hall–Kier alpha value is -1.42. The number of rotatable bonds is 3. The molecule has 0 aliphatic rings. The smallest absolute Gasteiger partial charge is 0.254 e. The highest BCUT2D eigenvalue weighted by Gasteiger charge is 2.12. The van der Waals surface area contributed by atoms with Crippen LogP contribution in [0.5, 0.6) is 0 Å². The molecule has 0 bridgehead atoms. The van der Waals surface area contributed by atoms with Crippen LogP contribution in [-0.4, -0.2) is 23.7 Å². The number of aliphatic hydroxyl groups excluding tert-OH is 1. The lowest BCUT2D eigenvalue weighted by atomic mass is 10.2. The Labute approximate surface area is 81.6 Å². The molecular weight excluding hydrogens is 185 g/mol. The topological polar surface area (TPSA) is 49.3 Å². The van der Waals surface area contributed by atoms with Gasteiger partial charge in [0.05, 0.1) is 12.2 Å². The highest BCUT2D eigenvalue weighted by molar-refractivity contribution is 5.94. The molecular formula is C10H12FNO2. The minimum atomic E-state index is -0.560. The average Bonchev–Trinajstić information content (AvgIpc) is 2.18. The van der Waals surface area contributed by atoms with Gasteiger partial charge in [-0.25, -0.2) is 4.39 Å². The summed E-state index contributed by atoms with van der Waals surface area (Å²) in [6.07, 6.45) is 0. The van der Waals surface area contributed by atoms with Gasteiger partial charge in [-0.15, -0.1) is 0 Å². The number of amides is 1. The molecule has 3 nitrogen and oxygen atoms in total. The monoisotopic (exact) mass is 197 g/mol. The van der Waals surface area contributed by atoms with Crippen LogP contribution in [0.15, 0.2) is 24.3 Å². The Morgan fingerprint density at radius 2 is 2.21 bits per heavy atom. The minimum absolute atomic E-state index is 0.00667. The van der Waals surface area contributed by atoms with Gasteiger partial charge in [0, 0.05) is 6.04 Å². The number of carbonyl (C=O) groups excluding carboxylic acids is 1. The summed E-state index contributed by atoms with van der Waals surface area (Å²) >= 11 is 0. The van der Waals surface area contributed by atoms with Gasteiger partial charge in [-0.1, -0.05) is 12.1 Å². The number of carbonyl (C=O) groups is 1. The summed E-state index contributed by atoms with van der Waals surface area (Å²) in [7, 11) is 0. The Bertz CT molecular complexity index is 328. The Morgan fingerprint density at radius 1 is 1.57 bits per heavy atom. The van der Waals surface area contributed by atoms with Crippen molar-refractivity contribution in [2.45, 2.75) is 13.0 Å². The summed E-state index contributed by atoms with van der Waals surface area (Å²) in [6.45, 7) is 1.47. The third-order valence-electron chi connectivity index (χ3n) is 1.77. The fourth-order valence-electron chi connectivity index (χ4n) is 0.993. The molecule has 76 valence electrons. The Morgan fingerprint density at radius 3 is 2.79 bits per heavy atom. The van der Waals surface area contributed by atoms with Gasteiger partial charge in [0.15, 0.2) is 0 Å². The normalized spacial score (nSPS) is 12.2. The van der Waals surface area contributed by atoms with Crippen LogP contribution in [0, 0.1) is 5.82 Å². The first-order valence-corrected chi connectivity index (χ1v) is 4.31. The summed E-state index contributed by atoms with van der Waals surface area (Å²) in [5.74, 6) is -1.07. The van der Waals surface area contributed by atoms with Gasteiger partial charge in [0.1, 0.15) is 5.82 Å². The van der Waals surface area contributed by atoms with Crippen molar-refractivity contribution >= 4 is 5.91 Å². The van der Waals surface area contributed by atoms with E-state index in [2.05, 4.69) is 5.32 Å². The molecule has 0 fully saturated rings. The van der Waals surface area contributed by atoms with Gasteiger partial charge in [-0.3, -0.25) is 4.79 Å². The van der Waals surface area contributed by atoms with Crippen LogP contribution < -0.4 is 5.32 Å². The van der Waals surface area contributed by atoms with Crippen LogP contribution in [0.4, 0.5) is 4.39 Å². The SMILES string of the molecule is CC(CO)NC(=O)c1ccccc1F. The predicted molar refractivity (Wildman–Crippen MR) is 50.4 cm³/mol. The van der Waals surface area contributed by atoms with Crippen LogP contribution in [-0.2, 0) is 0 Å². The first-order chi connectivity index (χ1) is 6.65. The van der Waals surface area contributed by atoms with E-state index in [0.717, 1.165) is 0 Å². The van der Waals surface area contributed by atoms with E-state index in [1.165, 1.54) is 18.2 Å². The van der Waals surface area contributed by atoms with Gasteiger partial charge in [0.25, 0.3) is 5.91 Å². The Balaban J connectivity index is 2.75. The lowest BCUT2D eigenvalue weighted by molar-refractivity contribution is 0.0918. The third-order valence-corrected chi connectivity index (χ3v) is 1.77. The van der Waals surface area contributed by atoms with E-state index in [-0.39, 0.29) is 18.2 Å². The number of halogens is 1. The molecule has 0 radical (unpaired) electrons. The standard InChI is InChI=1S/C10H12FNO2/c1-7(6-13)12-10(14)8-4-2-3-5-9(8)11/h2-5,7,13H,6H2,1H3,(H,12,14). The zero-order chi connectivity index (χ0) is 10.6. The average molecular weight is 197 g/mol. The molecule has 1 rings (SSSR count). The van der Waals surface area contributed by atoms with Crippen molar-refractivity contribution in [2.24, 2.45) is 0 Å². The van der Waals surface area contributed by atoms with E-state index in [1.54, 1.807) is 13.0 Å². The second-order valence-corrected chi connectivity index (χ2v) is 3.04. The first-order valence-electron chi connectivity index (χ1n) is 4.31. The zero-order valence-electron chi connectivity index (χ0n) is 7.83. The molecule has 0 saturated heterocycles. The van der Waals surface area contributed by atoms with Crippen molar-refractivity contribution in [3.63, 3.8) is 0 Å². The number of nitrogens with one attached hydrogen (secondary N) is 1. The Kier molecular flexibility index (Phi) is 3.59.